The fraction of sp³-hybridized carbons (Fsp3) is 0.0588. The fourth-order valence-corrected chi connectivity index (χ4v) is 2.26. The number of pyridine rings is 1. The first-order valence-corrected chi connectivity index (χ1v) is 7.26. The standard InChI is InChI=1S/C17H13F3N4O/c18-17(19,20)12-4-6-13(7-5-12)23-24-16(25)22-15-3-1-2-11-10-21-9-8-14(11)15/h1-10,23H,(H2,22,24,25). The van der Waals surface area contributed by atoms with Crippen molar-refractivity contribution in [2.24, 2.45) is 0 Å². The zero-order valence-electron chi connectivity index (χ0n) is 12.8. The van der Waals surface area contributed by atoms with Crippen LogP contribution < -0.4 is 16.2 Å². The number of alkyl halides is 3. The smallest absolute Gasteiger partial charge is 0.306 e. The summed E-state index contributed by atoms with van der Waals surface area (Å²) < 4.78 is 37.5. The Bertz CT molecular complexity index is 889. The third-order valence-corrected chi connectivity index (χ3v) is 3.46. The van der Waals surface area contributed by atoms with E-state index in [0.717, 1.165) is 22.9 Å². The molecule has 2 amide bonds. The fourth-order valence-electron chi connectivity index (χ4n) is 2.26. The number of benzene rings is 2. The van der Waals surface area contributed by atoms with Crippen molar-refractivity contribution in [1.82, 2.24) is 10.4 Å². The molecule has 0 unspecified atom stereocenters. The van der Waals surface area contributed by atoms with Gasteiger partial charge in [-0.15, -0.1) is 0 Å². The number of nitrogens with one attached hydrogen (secondary N) is 3. The topological polar surface area (TPSA) is 66.1 Å². The molecule has 2 aromatic carbocycles. The number of hydrogen-bond acceptors (Lipinski definition) is 3. The highest BCUT2D eigenvalue weighted by Crippen LogP contribution is 2.29. The third kappa shape index (κ3) is 3.97. The Labute approximate surface area is 140 Å². The van der Waals surface area contributed by atoms with Crippen LogP contribution in [0.2, 0.25) is 0 Å². The van der Waals surface area contributed by atoms with Crippen LogP contribution >= 0.6 is 0 Å². The zero-order chi connectivity index (χ0) is 17.9. The molecule has 0 aliphatic carbocycles. The van der Waals surface area contributed by atoms with E-state index in [0.29, 0.717) is 11.4 Å². The number of amides is 2. The van der Waals surface area contributed by atoms with Crippen molar-refractivity contribution in [2.45, 2.75) is 6.18 Å². The molecule has 5 nitrogen and oxygen atoms in total. The van der Waals surface area contributed by atoms with Crippen molar-refractivity contribution in [2.75, 3.05) is 10.7 Å². The molecule has 3 N–H and O–H groups in total. The molecule has 0 radical (unpaired) electrons. The first kappa shape index (κ1) is 16.6. The van der Waals surface area contributed by atoms with Crippen LogP contribution in [-0.2, 0) is 6.18 Å². The second-order valence-corrected chi connectivity index (χ2v) is 5.18. The summed E-state index contributed by atoms with van der Waals surface area (Å²) in [5.41, 5.74) is 5.08. The molecular weight excluding hydrogens is 333 g/mol. The lowest BCUT2D eigenvalue weighted by atomic mass is 10.1. The molecule has 3 aromatic rings. The van der Waals surface area contributed by atoms with Gasteiger partial charge in [0.25, 0.3) is 0 Å². The molecular formula is C17H13F3N4O. The lowest BCUT2D eigenvalue weighted by Gasteiger charge is -2.12. The van der Waals surface area contributed by atoms with Gasteiger partial charge in [0.05, 0.1) is 16.9 Å². The van der Waals surface area contributed by atoms with Gasteiger partial charge in [0.2, 0.25) is 0 Å². The van der Waals surface area contributed by atoms with Gasteiger partial charge in [-0.2, -0.15) is 13.2 Å². The van der Waals surface area contributed by atoms with E-state index >= 15 is 0 Å². The normalized spacial score (nSPS) is 11.2. The van der Waals surface area contributed by atoms with Crippen LogP contribution in [-0.4, -0.2) is 11.0 Å². The quantitative estimate of drug-likeness (QED) is 0.616. The molecule has 0 saturated heterocycles. The number of fused-ring (bicyclic) bond motifs is 1. The summed E-state index contributed by atoms with van der Waals surface area (Å²) in [6.45, 7) is 0. The molecule has 0 aliphatic heterocycles. The number of nitrogens with zero attached hydrogens (tertiary/aromatic N) is 1. The average Bonchev–Trinajstić information content (AvgIpc) is 2.60. The van der Waals surface area contributed by atoms with E-state index in [4.69, 9.17) is 0 Å². The van der Waals surface area contributed by atoms with Crippen LogP contribution in [0.5, 0.6) is 0 Å². The minimum Gasteiger partial charge on any atom is -0.306 e. The van der Waals surface area contributed by atoms with E-state index < -0.39 is 17.8 Å². The predicted octanol–water partition coefficient (Wildman–Crippen LogP) is 4.40. The SMILES string of the molecule is O=C(NNc1ccc(C(F)(F)F)cc1)Nc1cccc2cnccc12. The van der Waals surface area contributed by atoms with Gasteiger partial charge in [-0.05, 0) is 36.4 Å². The van der Waals surface area contributed by atoms with Gasteiger partial charge in [0.15, 0.2) is 0 Å². The molecule has 0 fully saturated rings. The Morgan fingerprint density at radius 1 is 1.00 bits per heavy atom. The molecule has 0 saturated carbocycles. The first-order chi connectivity index (χ1) is 11.9. The molecule has 0 aliphatic rings. The van der Waals surface area contributed by atoms with Crippen molar-refractivity contribution in [3.05, 3.63) is 66.5 Å². The van der Waals surface area contributed by atoms with Crippen LogP contribution in [0.25, 0.3) is 10.8 Å². The van der Waals surface area contributed by atoms with E-state index in [2.05, 4.69) is 21.2 Å². The number of rotatable bonds is 3. The number of hydrogen-bond donors (Lipinski definition) is 3. The number of carbonyl (C=O) groups excluding carboxylic acids is 1. The molecule has 0 bridgehead atoms. The van der Waals surface area contributed by atoms with E-state index in [-0.39, 0.29) is 0 Å². The highest BCUT2D eigenvalue weighted by Gasteiger charge is 2.29. The molecule has 128 valence electrons. The van der Waals surface area contributed by atoms with E-state index in [1.807, 2.05) is 6.07 Å². The molecule has 25 heavy (non-hydrogen) atoms. The predicted molar refractivity (Wildman–Crippen MR) is 89.0 cm³/mol. The number of aromatic nitrogens is 1. The maximum atomic E-state index is 12.5. The van der Waals surface area contributed by atoms with Gasteiger partial charge in [-0.25, -0.2) is 4.79 Å². The largest absolute Gasteiger partial charge is 0.416 e. The maximum absolute atomic E-state index is 12.5. The van der Waals surface area contributed by atoms with Crippen molar-refractivity contribution < 1.29 is 18.0 Å². The molecule has 0 spiro atoms. The van der Waals surface area contributed by atoms with Gasteiger partial charge in [-0.3, -0.25) is 15.8 Å². The van der Waals surface area contributed by atoms with E-state index in [9.17, 15) is 18.0 Å². The van der Waals surface area contributed by atoms with Gasteiger partial charge in [-0.1, -0.05) is 12.1 Å². The Balaban J connectivity index is 1.63. The Hall–Kier alpha value is -3.29. The summed E-state index contributed by atoms with van der Waals surface area (Å²) >= 11 is 0. The second kappa shape index (κ2) is 6.68. The van der Waals surface area contributed by atoms with Gasteiger partial charge in [0.1, 0.15) is 0 Å². The summed E-state index contributed by atoms with van der Waals surface area (Å²) in [4.78, 5) is 16.0. The summed E-state index contributed by atoms with van der Waals surface area (Å²) in [6.07, 6.45) is -1.10. The zero-order valence-corrected chi connectivity index (χ0v) is 12.8. The van der Waals surface area contributed by atoms with Gasteiger partial charge >= 0.3 is 12.2 Å². The van der Waals surface area contributed by atoms with Crippen molar-refractivity contribution in [1.29, 1.82) is 0 Å². The minimum absolute atomic E-state index is 0.324. The summed E-state index contributed by atoms with van der Waals surface area (Å²) in [6, 6.07) is 10.9. The van der Waals surface area contributed by atoms with Gasteiger partial charge < -0.3 is 5.32 Å². The number of urea groups is 1. The molecule has 1 heterocycles. The van der Waals surface area contributed by atoms with Crippen LogP contribution in [0.4, 0.5) is 29.3 Å². The molecule has 3 rings (SSSR count). The Morgan fingerprint density at radius 3 is 2.48 bits per heavy atom. The highest BCUT2D eigenvalue weighted by molar-refractivity contribution is 6.01. The second-order valence-electron chi connectivity index (χ2n) is 5.18. The van der Waals surface area contributed by atoms with Crippen molar-refractivity contribution in [3.63, 3.8) is 0 Å². The summed E-state index contributed by atoms with van der Waals surface area (Å²) in [7, 11) is 0. The summed E-state index contributed by atoms with van der Waals surface area (Å²) in [5, 5.41) is 4.36. The monoisotopic (exact) mass is 346 g/mol. The average molecular weight is 346 g/mol. The third-order valence-electron chi connectivity index (χ3n) is 3.46. The number of carbonyl (C=O) groups is 1. The van der Waals surface area contributed by atoms with Crippen LogP contribution in [0, 0.1) is 0 Å². The summed E-state index contributed by atoms with van der Waals surface area (Å²) in [5.74, 6) is 0. The van der Waals surface area contributed by atoms with Crippen molar-refractivity contribution >= 4 is 28.2 Å². The number of hydrazine groups is 1. The molecule has 1 aromatic heterocycles. The maximum Gasteiger partial charge on any atom is 0.416 e. The van der Waals surface area contributed by atoms with Crippen molar-refractivity contribution in [3.8, 4) is 0 Å². The van der Waals surface area contributed by atoms with Crippen LogP contribution in [0.3, 0.4) is 0 Å². The minimum atomic E-state index is -4.40. The van der Waals surface area contributed by atoms with Crippen LogP contribution in [0.15, 0.2) is 60.9 Å². The number of anilines is 2. The first-order valence-electron chi connectivity index (χ1n) is 7.26. The molecule has 0 atom stereocenters. The van der Waals surface area contributed by atoms with Crippen LogP contribution in [0.1, 0.15) is 5.56 Å². The van der Waals surface area contributed by atoms with E-state index in [1.54, 1.807) is 30.6 Å². The lowest BCUT2D eigenvalue weighted by Crippen LogP contribution is -2.33. The number of halogens is 3. The Morgan fingerprint density at radius 2 is 1.76 bits per heavy atom. The van der Waals surface area contributed by atoms with E-state index in [1.165, 1.54) is 12.1 Å². The molecule has 8 heteroatoms. The lowest BCUT2D eigenvalue weighted by molar-refractivity contribution is -0.137. The highest BCUT2D eigenvalue weighted by atomic mass is 19.4. The Kier molecular flexibility index (Phi) is 4.42. The van der Waals surface area contributed by atoms with Gasteiger partial charge in [0, 0.05) is 23.2 Å².